The number of aliphatic hydroxyl groups is 1. The summed E-state index contributed by atoms with van der Waals surface area (Å²) in [7, 11) is 0. The highest BCUT2D eigenvalue weighted by atomic mass is 32.1. The Bertz CT molecular complexity index is 231. The molecule has 0 saturated heterocycles. The smallest absolute Gasteiger partial charge is 0.0777 e. The molecule has 0 aromatic carbocycles. The van der Waals surface area contributed by atoms with Crippen molar-refractivity contribution in [1.82, 2.24) is 0 Å². The molecule has 1 rings (SSSR count). The predicted octanol–water partition coefficient (Wildman–Crippen LogP) is 2.47. The maximum atomic E-state index is 9.58. The summed E-state index contributed by atoms with van der Waals surface area (Å²) in [5, 5.41) is 11.6. The molecule has 1 aromatic rings. The summed E-state index contributed by atoms with van der Waals surface area (Å²) in [5.41, 5.74) is 0. The van der Waals surface area contributed by atoms with Gasteiger partial charge in [0.05, 0.1) is 18.8 Å². The van der Waals surface area contributed by atoms with Gasteiger partial charge in [0.25, 0.3) is 0 Å². The first-order chi connectivity index (χ1) is 6.68. The van der Waals surface area contributed by atoms with Crippen molar-refractivity contribution >= 4 is 11.3 Å². The van der Waals surface area contributed by atoms with Gasteiger partial charge >= 0.3 is 0 Å². The Hall–Kier alpha value is -0.380. The third-order valence-electron chi connectivity index (χ3n) is 1.93. The van der Waals surface area contributed by atoms with Crippen LogP contribution in [0.4, 0.5) is 0 Å². The van der Waals surface area contributed by atoms with Crippen LogP contribution in [0.15, 0.2) is 17.5 Å². The highest BCUT2D eigenvalue weighted by Crippen LogP contribution is 2.12. The molecular formula is C11H18O2S. The first-order valence-corrected chi connectivity index (χ1v) is 5.88. The molecule has 0 radical (unpaired) electrons. The fourth-order valence-electron chi connectivity index (χ4n) is 1.15. The van der Waals surface area contributed by atoms with Crippen molar-refractivity contribution in [3.05, 3.63) is 22.4 Å². The highest BCUT2D eigenvalue weighted by Gasteiger charge is 2.06. The minimum atomic E-state index is -0.334. The molecule has 80 valence electrons. The number of thiophene rings is 1. The molecule has 0 spiro atoms. The third kappa shape index (κ3) is 4.74. The summed E-state index contributed by atoms with van der Waals surface area (Å²) >= 11 is 1.74. The van der Waals surface area contributed by atoms with Gasteiger partial charge in [-0.2, -0.15) is 0 Å². The van der Waals surface area contributed by atoms with Crippen molar-refractivity contribution in [3.8, 4) is 0 Å². The van der Waals surface area contributed by atoms with E-state index >= 15 is 0 Å². The van der Waals surface area contributed by atoms with Gasteiger partial charge in [0.1, 0.15) is 0 Å². The Labute approximate surface area is 89.5 Å². The van der Waals surface area contributed by atoms with Gasteiger partial charge in [0, 0.05) is 4.88 Å². The summed E-state index contributed by atoms with van der Waals surface area (Å²) in [6.07, 6.45) is 1.60. The SMILES string of the molecule is CC(C)OCC(O)CCc1cccs1. The van der Waals surface area contributed by atoms with E-state index in [-0.39, 0.29) is 12.2 Å². The van der Waals surface area contributed by atoms with E-state index in [4.69, 9.17) is 4.74 Å². The Morgan fingerprint density at radius 1 is 1.50 bits per heavy atom. The van der Waals surface area contributed by atoms with Crippen molar-refractivity contribution in [3.63, 3.8) is 0 Å². The Morgan fingerprint density at radius 2 is 2.29 bits per heavy atom. The van der Waals surface area contributed by atoms with E-state index in [0.717, 1.165) is 12.8 Å². The molecule has 0 saturated carbocycles. The van der Waals surface area contributed by atoms with Gasteiger partial charge in [-0.1, -0.05) is 6.07 Å². The van der Waals surface area contributed by atoms with Crippen molar-refractivity contribution < 1.29 is 9.84 Å². The lowest BCUT2D eigenvalue weighted by Gasteiger charge is -2.12. The number of aryl methyl sites for hydroxylation is 1. The largest absolute Gasteiger partial charge is 0.391 e. The summed E-state index contributed by atoms with van der Waals surface area (Å²) in [5.74, 6) is 0. The standard InChI is InChI=1S/C11H18O2S/c1-9(2)13-8-10(12)5-6-11-4-3-7-14-11/h3-4,7,9-10,12H,5-6,8H2,1-2H3. The molecule has 0 bridgehead atoms. The lowest BCUT2D eigenvalue weighted by molar-refractivity contribution is 0.00295. The van der Waals surface area contributed by atoms with E-state index in [0.29, 0.717) is 6.61 Å². The lowest BCUT2D eigenvalue weighted by Crippen LogP contribution is -2.18. The first kappa shape index (κ1) is 11.7. The van der Waals surface area contributed by atoms with Gasteiger partial charge in [-0.05, 0) is 38.1 Å². The van der Waals surface area contributed by atoms with Gasteiger partial charge in [-0.3, -0.25) is 0 Å². The molecule has 0 amide bonds. The van der Waals surface area contributed by atoms with Gasteiger partial charge in [-0.15, -0.1) is 11.3 Å². The molecule has 1 aromatic heterocycles. The van der Waals surface area contributed by atoms with Crippen LogP contribution >= 0.6 is 11.3 Å². The molecule has 1 unspecified atom stereocenters. The quantitative estimate of drug-likeness (QED) is 0.788. The summed E-state index contributed by atoms with van der Waals surface area (Å²) < 4.78 is 5.33. The minimum Gasteiger partial charge on any atom is -0.391 e. The number of hydrogen-bond donors (Lipinski definition) is 1. The van der Waals surface area contributed by atoms with Crippen LogP contribution in [0.2, 0.25) is 0 Å². The third-order valence-corrected chi connectivity index (χ3v) is 2.86. The van der Waals surface area contributed by atoms with Crippen molar-refractivity contribution in [2.45, 2.75) is 38.9 Å². The van der Waals surface area contributed by atoms with Crippen molar-refractivity contribution in [2.75, 3.05) is 6.61 Å². The monoisotopic (exact) mass is 214 g/mol. The lowest BCUT2D eigenvalue weighted by atomic mass is 10.2. The molecule has 1 heterocycles. The van der Waals surface area contributed by atoms with Crippen molar-refractivity contribution in [1.29, 1.82) is 0 Å². The van der Waals surface area contributed by atoms with Crippen molar-refractivity contribution in [2.24, 2.45) is 0 Å². The van der Waals surface area contributed by atoms with E-state index in [2.05, 4.69) is 11.4 Å². The van der Waals surface area contributed by atoms with Gasteiger partial charge < -0.3 is 9.84 Å². The first-order valence-electron chi connectivity index (χ1n) is 5.00. The Balaban J connectivity index is 2.12. The van der Waals surface area contributed by atoms with E-state index in [1.165, 1.54) is 4.88 Å². The Morgan fingerprint density at radius 3 is 2.86 bits per heavy atom. The van der Waals surface area contributed by atoms with Crippen LogP contribution in [0.1, 0.15) is 25.1 Å². The van der Waals surface area contributed by atoms with Crippen LogP contribution in [0.5, 0.6) is 0 Å². The number of hydrogen-bond acceptors (Lipinski definition) is 3. The average Bonchev–Trinajstić information content (AvgIpc) is 2.63. The molecule has 0 aliphatic rings. The van der Waals surface area contributed by atoms with Crippen LogP contribution < -0.4 is 0 Å². The fraction of sp³-hybridized carbons (Fsp3) is 0.636. The zero-order valence-electron chi connectivity index (χ0n) is 8.77. The topological polar surface area (TPSA) is 29.5 Å². The summed E-state index contributed by atoms with van der Waals surface area (Å²) in [6.45, 7) is 4.40. The molecule has 0 aliphatic heterocycles. The van der Waals surface area contributed by atoms with Crippen LogP contribution in [-0.2, 0) is 11.2 Å². The second kappa shape index (κ2) is 6.17. The molecule has 14 heavy (non-hydrogen) atoms. The molecule has 0 aliphatic carbocycles. The van der Waals surface area contributed by atoms with Gasteiger partial charge in [-0.25, -0.2) is 0 Å². The minimum absolute atomic E-state index is 0.200. The maximum absolute atomic E-state index is 9.58. The second-order valence-electron chi connectivity index (χ2n) is 3.65. The van der Waals surface area contributed by atoms with E-state index in [1.54, 1.807) is 11.3 Å². The zero-order chi connectivity index (χ0) is 10.4. The molecule has 0 fully saturated rings. The molecule has 2 nitrogen and oxygen atoms in total. The molecular weight excluding hydrogens is 196 g/mol. The molecule has 1 atom stereocenters. The van der Waals surface area contributed by atoms with Crippen LogP contribution in [0.3, 0.4) is 0 Å². The molecule has 3 heteroatoms. The van der Waals surface area contributed by atoms with Crippen LogP contribution in [0.25, 0.3) is 0 Å². The predicted molar refractivity (Wildman–Crippen MR) is 59.7 cm³/mol. The zero-order valence-corrected chi connectivity index (χ0v) is 9.59. The highest BCUT2D eigenvalue weighted by molar-refractivity contribution is 7.09. The van der Waals surface area contributed by atoms with Gasteiger partial charge in [0.15, 0.2) is 0 Å². The Kier molecular flexibility index (Phi) is 5.15. The van der Waals surface area contributed by atoms with Crippen LogP contribution in [0, 0.1) is 0 Å². The van der Waals surface area contributed by atoms with Gasteiger partial charge in [0.2, 0.25) is 0 Å². The number of ether oxygens (including phenoxy) is 1. The molecule has 1 N–H and O–H groups in total. The summed E-state index contributed by atoms with van der Waals surface area (Å²) in [6, 6.07) is 4.14. The normalized spacial score (nSPS) is 13.4. The van der Waals surface area contributed by atoms with E-state index in [9.17, 15) is 5.11 Å². The number of aliphatic hydroxyl groups excluding tert-OH is 1. The van der Waals surface area contributed by atoms with Crippen LogP contribution in [-0.4, -0.2) is 23.9 Å². The fourth-order valence-corrected chi connectivity index (χ4v) is 1.88. The summed E-state index contributed by atoms with van der Waals surface area (Å²) in [4.78, 5) is 1.33. The second-order valence-corrected chi connectivity index (χ2v) is 4.69. The number of rotatable bonds is 6. The van der Waals surface area contributed by atoms with E-state index < -0.39 is 0 Å². The van der Waals surface area contributed by atoms with E-state index in [1.807, 2.05) is 19.9 Å². The average molecular weight is 214 g/mol. The maximum Gasteiger partial charge on any atom is 0.0777 e.